The van der Waals surface area contributed by atoms with Crippen LogP contribution >= 0.6 is 0 Å². The molecule has 3 aliphatic rings. The van der Waals surface area contributed by atoms with Crippen molar-refractivity contribution in [2.75, 3.05) is 0 Å². The van der Waals surface area contributed by atoms with Crippen molar-refractivity contribution in [2.24, 2.45) is 5.92 Å². The smallest absolute Gasteiger partial charge is 0.410 e. The van der Waals surface area contributed by atoms with Crippen LogP contribution in [0.15, 0.2) is 30.3 Å². The van der Waals surface area contributed by atoms with Gasteiger partial charge in [-0.3, -0.25) is 0 Å². The molecule has 23 heavy (non-hydrogen) atoms. The van der Waals surface area contributed by atoms with Crippen molar-refractivity contribution in [3.8, 4) is 0 Å². The molecule has 0 radical (unpaired) electrons. The zero-order chi connectivity index (χ0) is 15.9. The Morgan fingerprint density at radius 1 is 1.13 bits per heavy atom. The lowest BCUT2D eigenvalue weighted by atomic mass is 9.67. The van der Waals surface area contributed by atoms with E-state index in [0.29, 0.717) is 12.5 Å². The third-order valence-corrected chi connectivity index (χ3v) is 6.08. The summed E-state index contributed by atoms with van der Waals surface area (Å²) in [5.74, 6) is 0.452. The summed E-state index contributed by atoms with van der Waals surface area (Å²) in [5.41, 5.74) is 0.469. The molecule has 1 saturated carbocycles. The third kappa shape index (κ3) is 2.74. The molecule has 2 aliphatic heterocycles. The van der Waals surface area contributed by atoms with Crippen LogP contribution in [0.25, 0.3) is 0 Å². The van der Waals surface area contributed by atoms with E-state index in [1.165, 1.54) is 6.42 Å². The van der Waals surface area contributed by atoms with Crippen LogP contribution < -0.4 is 0 Å². The molecule has 1 aliphatic carbocycles. The molecule has 4 heteroatoms. The van der Waals surface area contributed by atoms with Gasteiger partial charge in [-0.15, -0.1) is 0 Å². The Bertz CT molecular complexity index is 555. The number of fused-ring (bicyclic) bond motifs is 2. The minimum atomic E-state index is -0.541. The fourth-order valence-electron chi connectivity index (χ4n) is 4.63. The van der Waals surface area contributed by atoms with Crippen molar-refractivity contribution in [3.05, 3.63) is 35.9 Å². The highest BCUT2D eigenvalue weighted by atomic mass is 16.6. The molecule has 0 aromatic heterocycles. The molecular formula is C19H25NO3. The normalized spacial score (nSPS) is 33.3. The molecule has 2 saturated heterocycles. The maximum absolute atomic E-state index is 12.5. The molecule has 2 atom stereocenters. The van der Waals surface area contributed by atoms with Gasteiger partial charge < -0.3 is 14.7 Å². The van der Waals surface area contributed by atoms with Gasteiger partial charge in [-0.1, -0.05) is 36.8 Å². The number of nitrogens with zero attached hydrogens (tertiary/aromatic N) is 1. The molecular weight excluding hydrogens is 290 g/mol. The van der Waals surface area contributed by atoms with Crippen LogP contribution in [0.5, 0.6) is 0 Å². The number of ether oxygens (including phenoxy) is 1. The molecule has 1 aromatic rings. The number of hydrogen-bond acceptors (Lipinski definition) is 3. The van der Waals surface area contributed by atoms with E-state index in [0.717, 1.165) is 44.1 Å². The maximum atomic E-state index is 12.5. The summed E-state index contributed by atoms with van der Waals surface area (Å²) >= 11 is 0. The number of piperidine rings is 1. The van der Waals surface area contributed by atoms with Crippen LogP contribution in [0.1, 0.15) is 50.5 Å². The summed E-state index contributed by atoms with van der Waals surface area (Å²) < 4.78 is 5.52. The van der Waals surface area contributed by atoms with Gasteiger partial charge in [-0.2, -0.15) is 0 Å². The number of amides is 1. The SMILES string of the molecule is O=C(OCc1ccccc1)N1C2CCC1CC(O)(C1CCC1)C2. The van der Waals surface area contributed by atoms with Gasteiger partial charge >= 0.3 is 6.09 Å². The number of hydrogen-bond donors (Lipinski definition) is 1. The monoisotopic (exact) mass is 315 g/mol. The highest BCUT2D eigenvalue weighted by Crippen LogP contribution is 2.49. The van der Waals surface area contributed by atoms with Gasteiger partial charge in [0, 0.05) is 12.1 Å². The number of benzene rings is 1. The summed E-state index contributed by atoms with van der Waals surface area (Å²) in [6.07, 6.45) is 6.79. The van der Waals surface area contributed by atoms with Crippen LogP contribution in [-0.4, -0.2) is 33.8 Å². The highest BCUT2D eigenvalue weighted by molar-refractivity contribution is 5.69. The molecule has 0 spiro atoms. The van der Waals surface area contributed by atoms with Gasteiger partial charge in [0.15, 0.2) is 0 Å². The van der Waals surface area contributed by atoms with Crippen LogP contribution in [-0.2, 0) is 11.3 Å². The number of carbonyl (C=O) groups excluding carboxylic acids is 1. The van der Waals surface area contributed by atoms with Crippen molar-refractivity contribution >= 4 is 6.09 Å². The Morgan fingerprint density at radius 3 is 2.35 bits per heavy atom. The Balaban J connectivity index is 1.39. The Labute approximate surface area is 137 Å². The van der Waals surface area contributed by atoms with E-state index in [1.807, 2.05) is 35.2 Å². The molecule has 2 unspecified atom stereocenters. The molecule has 124 valence electrons. The fraction of sp³-hybridized carbons (Fsp3) is 0.632. The van der Waals surface area contributed by atoms with E-state index in [1.54, 1.807) is 0 Å². The van der Waals surface area contributed by atoms with Crippen LogP contribution in [0.2, 0.25) is 0 Å². The van der Waals surface area contributed by atoms with E-state index in [-0.39, 0.29) is 18.2 Å². The van der Waals surface area contributed by atoms with E-state index >= 15 is 0 Å². The van der Waals surface area contributed by atoms with Crippen molar-refractivity contribution in [2.45, 2.75) is 69.2 Å². The first-order chi connectivity index (χ1) is 11.2. The van der Waals surface area contributed by atoms with Crippen molar-refractivity contribution in [3.63, 3.8) is 0 Å². The van der Waals surface area contributed by atoms with Crippen LogP contribution in [0.3, 0.4) is 0 Å². The first kappa shape index (κ1) is 15.0. The van der Waals surface area contributed by atoms with E-state index in [4.69, 9.17) is 4.74 Å². The maximum Gasteiger partial charge on any atom is 0.410 e. The molecule has 4 rings (SSSR count). The van der Waals surface area contributed by atoms with Gasteiger partial charge in [0.25, 0.3) is 0 Å². The second kappa shape index (κ2) is 5.82. The number of rotatable bonds is 3. The lowest BCUT2D eigenvalue weighted by Crippen LogP contribution is -2.57. The summed E-state index contributed by atoms with van der Waals surface area (Å²) in [4.78, 5) is 14.4. The van der Waals surface area contributed by atoms with Gasteiger partial charge in [-0.25, -0.2) is 4.79 Å². The molecule has 4 nitrogen and oxygen atoms in total. The van der Waals surface area contributed by atoms with E-state index < -0.39 is 5.60 Å². The van der Waals surface area contributed by atoms with Gasteiger partial charge in [0.05, 0.1) is 5.60 Å². The topological polar surface area (TPSA) is 49.8 Å². The van der Waals surface area contributed by atoms with Gasteiger partial charge in [-0.05, 0) is 50.0 Å². The lowest BCUT2D eigenvalue weighted by molar-refractivity contribution is -0.108. The number of aliphatic hydroxyl groups is 1. The zero-order valence-electron chi connectivity index (χ0n) is 13.5. The predicted octanol–water partition coefficient (Wildman–Crippen LogP) is 3.48. The minimum absolute atomic E-state index is 0.155. The molecule has 2 heterocycles. The average molecular weight is 315 g/mol. The second-order valence-electron chi connectivity index (χ2n) is 7.47. The van der Waals surface area contributed by atoms with E-state index in [9.17, 15) is 9.90 Å². The van der Waals surface area contributed by atoms with Crippen molar-refractivity contribution in [1.29, 1.82) is 0 Å². The average Bonchev–Trinajstić information content (AvgIpc) is 2.77. The Morgan fingerprint density at radius 2 is 1.78 bits per heavy atom. The van der Waals surface area contributed by atoms with Crippen LogP contribution in [0, 0.1) is 5.92 Å². The minimum Gasteiger partial charge on any atom is -0.445 e. The summed E-state index contributed by atoms with van der Waals surface area (Å²) in [5, 5.41) is 11.0. The lowest BCUT2D eigenvalue weighted by Gasteiger charge is -2.49. The quantitative estimate of drug-likeness (QED) is 0.929. The molecule has 1 amide bonds. The third-order valence-electron chi connectivity index (χ3n) is 6.08. The largest absolute Gasteiger partial charge is 0.445 e. The molecule has 1 aromatic carbocycles. The van der Waals surface area contributed by atoms with Gasteiger partial charge in [0.2, 0.25) is 0 Å². The summed E-state index contributed by atoms with van der Waals surface area (Å²) in [6, 6.07) is 10.1. The summed E-state index contributed by atoms with van der Waals surface area (Å²) in [7, 11) is 0. The molecule has 1 N–H and O–H groups in total. The summed E-state index contributed by atoms with van der Waals surface area (Å²) in [6.45, 7) is 0.322. The number of carbonyl (C=O) groups is 1. The first-order valence-corrected chi connectivity index (χ1v) is 8.87. The van der Waals surface area contributed by atoms with Gasteiger partial charge in [0.1, 0.15) is 6.61 Å². The molecule has 2 bridgehead atoms. The van der Waals surface area contributed by atoms with Crippen LogP contribution in [0.4, 0.5) is 4.79 Å². The zero-order valence-corrected chi connectivity index (χ0v) is 13.5. The Kier molecular flexibility index (Phi) is 3.80. The van der Waals surface area contributed by atoms with E-state index in [2.05, 4.69) is 0 Å². The van der Waals surface area contributed by atoms with Crippen molar-refractivity contribution < 1.29 is 14.6 Å². The second-order valence-corrected chi connectivity index (χ2v) is 7.47. The van der Waals surface area contributed by atoms with Crippen molar-refractivity contribution in [1.82, 2.24) is 4.90 Å². The standard InChI is InChI=1S/C19H25NO3/c21-18(23-13-14-5-2-1-3-6-14)20-16-9-10-17(20)12-19(22,11-16)15-7-4-8-15/h1-3,5-6,15-17,22H,4,7-13H2. The Hall–Kier alpha value is -1.55. The predicted molar refractivity (Wildman–Crippen MR) is 86.8 cm³/mol. The highest BCUT2D eigenvalue weighted by Gasteiger charge is 2.53. The first-order valence-electron chi connectivity index (χ1n) is 8.87. The molecule has 3 fully saturated rings. The fourth-order valence-corrected chi connectivity index (χ4v) is 4.63.